The molecule has 124 valence electrons. The van der Waals surface area contributed by atoms with Crippen molar-refractivity contribution in [1.82, 2.24) is 14.3 Å². The zero-order valence-corrected chi connectivity index (χ0v) is 14.3. The van der Waals surface area contributed by atoms with Crippen molar-refractivity contribution in [2.24, 2.45) is 0 Å². The largest absolute Gasteiger partial charge is 0.444 e. The number of halogens is 2. The van der Waals surface area contributed by atoms with Gasteiger partial charge in [-0.05, 0) is 39.3 Å². The minimum absolute atomic E-state index is 0.161. The van der Waals surface area contributed by atoms with Crippen LogP contribution in [0.1, 0.15) is 38.1 Å². The first-order chi connectivity index (χ1) is 10.7. The minimum atomic E-state index is -0.567. The molecule has 0 aliphatic carbocycles. The molecule has 0 unspecified atom stereocenters. The predicted molar refractivity (Wildman–Crippen MR) is 85.4 cm³/mol. The molecule has 0 atom stereocenters. The van der Waals surface area contributed by atoms with Crippen molar-refractivity contribution in [3.63, 3.8) is 0 Å². The van der Waals surface area contributed by atoms with Gasteiger partial charge in [0.05, 0.1) is 5.02 Å². The molecule has 2 aromatic rings. The van der Waals surface area contributed by atoms with Crippen LogP contribution in [0.25, 0.3) is 5.52 Å². The van der Waals surface area contributed by atoms with Crippen molar-refractivity contribution >= 4 is 23.2 Å². The lowest BCUT2D eigenvalue weighted by Gasteiger charge is -2.40. The van der Waals surface area contributed by atoms with E-state index < -0.39 is 11.5 Å². The number of carbonyl (C=O) groups is 1. The molecule has 0 aromatic carbocycles. The Morgan fingerprint density at radius 3 is 2.70 bits per heavy atom. The Morgan fingerprint density at radius 2 is 2.09 bits per heavy atom. The van der Waals surface area contributed by atoms with Gasteiger partial charge in [0.25, 0.3) is 0 Å². The maximum Gasteiger partial charge on any atom is 0.410 e. The number of aromatic nitrogens is 2. The minimum Gasteiger partial charge on any atom is -0.444 e. The lowest BCUT2D eigenvalue weighted by atomic mass is 9.93. The average Bonchev–Trinajstić information content (AvgIpc) is 2.60. The van der Waals surface area contributed by atoms with Crippen molar-refractivity contribution in [3.8, 4) is 0 Å². The van der Waals surface area contributed by atoms with Crippen molar-refractivity contribution in [3.05, 3.63) is 34.6 Å². The fraction of sp³-hybridized carbons (Fsp3) is 0.500. The Labute approximate surface area is 139 Å². The monoisotopic (exact) mass is 339 g/mol. The fourth-order valence-electron chi connectivity index (χ4n) is 2.67. The number of pyridine rings is 1. The third-order valence-electron chi connectivity index (χ3n) is 3.85. The van der Waals surface area contributed by atoms with E-state index in [-0.39, 0.29) is 17.5 Å². The predicted octanol–water partition coefficient (Wildman–Crippen LogP) is 3.77. The second kappa shape index (κ2) is 5.37. The second-order valence-corrected chi connectivity index (χ2v) is 7.28. The number of aryl methyl sites for hydroxylation is 1. The number of likely N-dealkylation sites (tertiary alicyclic amines) is 1. The standard InChI is InChI=1S/C16H19ClFN3O2/c1-9-19-14(18)13-12(17)5-10(8-21(9)13)11-6-20(7-11)15(22)23-16(2,3)4/h5,8,11H,6-7H2,1-4H3. The molecular formula is C16H19ClFN3O2. The molecule has 2 aromatic heterocycles. The first-order valence-corrected chi connectivity index (χ1v) is 7.85. The van der Waals surface area contributed by atoms with Crippen LogP contribution in [0.3, 0.4) is 0 Å². The van der Waals surface area contributed by atoms with E-state index in [1.54, 1.807) is 22.3 Å². The third kappa shape index (κ3) is 3.00. The van der Waals surface area contributed by atoms with Gasteiger partial charge in [-0.2, -0.15) is 4.39 Å². The van der Waals surface area contributed by atoms with Crippen LogP contribution in [-0.4, -0.2) is 39.1 Å². The maximum absolute atomic E-state index is 13.7. The van der Waals surface area contributed by atoms with Gasteiger partial charge >= 0.3 is 6.09 Å². The lowest BCUT2D eigenvalue weighted by molar-refractivity contribution is 0.00816. The summed E-state index contributed by atoms with van der Waals surface area (Å²) >= 11 is 6.19. The number of imidazole rings is 1. The Balaban J connectivity index is 1.77. The van der Waals surface area contributed by atoms with Crippen LogP contribution in [0, 0.1) is 12.9 Å². The van der Waals surface area contributed by atoms with Gasteiger partial charge in [0.2, 0.25) is 5.95 Å². The molecule has 1 aliphatic rings. The van der Waals surface area contributed by atoms with Crippen LogP contribution in [0.2, 0.25) is 5.02 Å². The van der Waals surface area contributed by atoms with Gasteiger partial charge in [-0.3, -0.25) is 4.40 Å². The summed E-state index contributed by atoms with van der Waals surface area (Å²) in [5, 5.41) is 0.330. The molecule has 1 fully saturated rings. The molecule has 0 radical (unpaired) electrons. The number of fused-ring (bicyclic) bond motifs is 1. The number of amides is 1. The highest BCUT2D eigenvalue weighted by atomic mass is 35.5. The molecule has 5 nitrogen and oxygen atoms in total. The number of hydrogen-bond acceptors (Lipinski definition) is 3. The number of ether oxygens (including phenoxy) is 1. The van der Waals surface area contributed by atoms with Crippen LogP contribution in [0.4, 0.5) is 9.18 Å². The smallest absolute Gasteiger partial charge is 0.410 e. The van der Waals surface area contributed by atoms with E-state index in [0.29, 0.717) is 23.9 Å². The zero-order valence-electron chi connectivity index (χ0n) is 13.6. The first-order valence-electron chi connectivity index (χ1n) is 7.47. The van der Waals surface area contributed by atoms with Gasteiger partial charge in [-0.25, -0.2) is 9.78 Å². The van der Waals surface area contributed by atoms with E-state index in [2.05, 4.69) is 4.98 Å². The van der Waals surface area contributed by atoms with Crippen LogP contribution in [0.5, 0.6) is 0 Å². The number of rotatable bonds is 1. The molecule has 1 amide bonds. The molecule has 7 heteroatoms. The summed E-state index contributed by atoms with van der Waals surface area (Å²) < 4.78 is 20.7. The topological polar surface area (TPSA) is 46.8 Å². The molecule has 3 rings (SSSR count). The van der Waals surface area contributed by atoms with Gasteiger partial charge in [-0.1, -0.05) is 11.6 Å². The van der Waals surface area contributed by atoms with Gasteiger partial charge < -0.3 is 9.64 Å². The molecular weight excluding hydrogens is 321 g/mol. The van der Waals surface area contributed by atoms with Crippen LogP contribution in [-0.2, 0) is 4.74 Å². The molecule has 0 spiro atoms. The van der Waals surface area contributed by atoms with Gasteiger partial charge in [0.15, 0.2) is 0 Å². The highest BCUT2D eigenvalue weighted by molar-refractivity contribution is 6.33. The van der Waals surface area contributed by atoms with Crippen molar-refractivity contribution in [2.75, 3.05) is 13.1 Å². The van der Waals surface area contributed by atoms with Crippen LogP contribution in [0.15, 0.2) is 12.3 Å². The van der Waals surface area contributed by atoms with Crippen LogP contribution < -0.4 is 0 Å². The van der Waals surface area contributed by atoms with Crippen molar-refractivity contribution in [2.45, 2.75) is 39.2 Å². The van der Waals surface area contributed by atoms with E-state index in [4.69, 9.17) is 16.3 Å². The summed E-state index contributed by atoms with van der Waals surface area (Å²) in [4.78, 5) is 17.4. The third-order valence-corrected chi connectivity index (χ3v) is 4.14. The Kier molecular flexibility index (Phi) is 3.75. The molecule has 1 saturated heterocycles. The molecule has 1 aliphatic heterocycles. The highest BCUT2D eigenvalue weighted by Gasteiger charge is 2.35. The van der Waals surface area contributed by atoms with Crippen molar-refractivity contribution in [1.29, 1.82) is 0 Å². The van der Waals surface area contributed by atoms with E-state index in [9.17, 15) is 9.18 Å². The average molecular weight is 340 g/mol. The number of hydrogen-bond donors (Lipinski definition) is 0. The number of nitrogens with zero attached hydrogens (tertiary/aromatic N) is 3. The van der Waals surface area contributed by atoms with Gasteiger partial charge in [0, 0.05) is 25.2 Å². The fourth-order valence-corrected chi connectivity index (χ4v) is 2.97. The normalized spacial score (nSPS) is 15.8. The van der Waals surface area contributed by atoms with Crippen molar-refractivity contribution < 1.29 is 13.9 Å². The summed E-state index contributed by atoms with van der Waals surface area (Å²) in [6, 6.07) is 1.75. The Hall–Kier alpha value is -1.82. The molecule has 0 N–H and O–H groups in total. The summed E-state index contributed by atoms with van der Waals surface area (Å²) in [6.45, 7) is 8.37. The van der Waals surface area contributed by atoms with E-state index >= 15 is 0 Å². The Morgan fingerprint density at radius 1 is 1.43 bits per heavy atom. The summed E-state index contributed by atoms with van der Waals surface area (Å²) in [6.07, 6.45) is 1.52. The maximum atomic E-state index is 13.7. The van der Waals surface area contributed by atoms with Gasteiger partial charge in [0.1, 0.15) is 16.9 Å². The SMILES string of the molecule is Cc1nc(F)c2c(Cl)cc(C3CN(C(=O)OC(C)(C)C)C3)cn12. The number of carbonyl (C=O) groups excluding carboxylic acids is 1. The van der Waals surface area contributed by atoms with Crippen LogP contribution >= 0.6 is 11.6 Å². The van der Waals surface area contributed by atoms with E-state index in [1.807, 2.05) is 27.0 Å². The summed E-state index contributed by atoms with van der Waals surface area (Å²) in [7, 11) is 0. The summed E-state index contributed by atoms with van der Waals surface area (Å²) in [5.74, 6) is 0.141. The van der Waals surface area contributed by atoms with E-state index in [1.165, 1.54) is 0 Å². The molecule has 0 saturated carbocycles. The first kappa shape index (κ1) is 16.1. The van der Waals surface area contributed by atoms with Gasteiger partial charge in [-0.15, -0.1) is 0 Å². The molecule has 23 heavy (non-hydrogen) atoms. The quantitative estimate of drug-likeness (QED) is 0.794. The van der Waals surface area contributed by atoms with E-state index in [0.717, 1.165) is 5.56 Å². The second-order valence-electron chi connectivity index (χ2n) is 6.87. The lowest BCUT2D eigenvalue weighted by Crippen LogP contribution is -2.50. The molecule has 0 bridgehead atoms. The highest BCUT2D eigenvalue weighted by Crippen LogP contribution is 2.32. The zero-order chi connectivity index (χ0) is 16.9. The summed E-state index contributed by atoms with van der Waals surface area (Å²) in [5.41, 5.74) is 0.745. The molecule has 3 heterocycles. The Bertz CT molecular complexity index is 776.